The van der Waals surface area contributed by atoms with Crippen molar-refractivity contribution in [1.29, 1.82) is 0 Å². The molecule has 0 amide bonds. The van der Waals surface area contributed by atoms with Crippen LogP contribution in [0.15, 0.2) is 23.8 Å². The number of hydrogen-bond donors (Lipinski definition) is 1. The van der Waals surface area contributed by atoms with E-state index in [1.807, 2.05) is 23.7 Å². The SMILES string of the molecule is CCNc1cnc(CN2CCc3sccc3C2)cn1. The van der Waals surface area contributed by atoms with Crippen molar-refractivity contribution < 1.29 is 0 Å². The first-order valence-corrected chi connectivity index (χ1v) is 7.55. The van der Waals surface area contributed by atoms with E-state index in [0.717, 1.165) is 44.1 Å². The fraction of sp³-hybridized carbons (Fsp3) is 0.429. The molecule has 0 unspecified atom stereocenters. The van der Waals surface area contributed by atoms with Gasteiger partial charge in [0, 0.05) is 31.1 Å². The number of rotatable bonds is 4. The van der Waals surface area contributed by atoms with Crippen molar-refractivity contribution >= 4 is 17.2 Å². The molecule has 3 heterocycles. The molecule has 0 saturated heterocycles. The zero-order valence-electron chi connectivity index (χ0n) is 11.1. The van der Waals surface area contributed by atoms with Crippen LogP contribution in [0.2, 0.25) is 0 Å². The van der Waals surface area contributed by atoms with E-state index in [0.29, 0.717) is 0 Å². The van der Waals surface area contributed by atoms with Crippen molar-refractivity contribution in [3.05, 3.63) is 40.0 Å². The lowest BCUT2D eigenvalue weighted by atomic mass is 10.1. The Bertz CT molecular complexity index is 535. The van der Waals surface area contributed by atoms with E-state index in [-0.39, 0.29) is 0 Å². The van der Waals surface area contributed by atoms with E-state index in [9.17, 15) is 0 Å². The summed E-state index contributed by atoms with van der Waals surface area (Å²) in [5.41, 5.74) is 2.52. The number of thiophene rings is 1. The van der Waals surface area contributed by atoms with Gasteiger partial charge in [0.2, 0.25) is 0 Å². The van der Waals surface area contributed by atoms with E-state index < -0.39 is 0 Å². The van der Waals surface area contributed by atoms with Gasteiger partial charge in [-0.3, -0.25) is 9.88 Å². The summed E-state index contributed by atoms with van der Waals surface area (Å²) in [5, 5.41) is 5.36. The number of hydrogen-bond acceptors (Lipinski definition) is 5. The van der Waals surface area contributed by atoms with Gasteiger partial charge in [-0.05, 0) is 30.4 Å². The second-order valence-corrected chi connectivity index (χ2v) is 5.75. The lowest BCUT2D eigenvalue weighted by Crippen LogP contribution is -2.29. The Morgan fingerprint density at radius 1 is 1.37 bits per heavy atom. The average molecular weight is 274 g/mol. The van der Waals surface area contributed by atoms with Gasteiger partial charge in [-0.25, -0.2) is 4.98 Å². The Morgan fingerprint density at radius 2 is 2.32 bits per heavy atom. The summed E-state index contributed by atoms with van der Waals surface area (Å²) in [6.07, 6.45) is 4.86. The predicted octanol–water partition coefficient (Wildman–Crippen LogP) is 2.53. The third-order valence-electron chi connectivity index (χ3n) is 3.34. The van der Waals surface area contributed by atoms with Crippen LogP contribution in [0.4, 0.5) is 5.82 Å². The number of fused-ring (bicyclic) bond motifs is 1. The van der Waals surface area contributed by atoms with E-state index >= 15 is 0 Å². The summed E-state index contributed by atoms with van der Waals surface area (Å²) < 4.78 is 0. The second-order valence-electron chi connectivity index (χ2n) is 4.75. The molecule has 2 aromatic rings. The van der Waals surface area contributed by atoms with Crippen LogP contribution in [-0.4, -0.2) is 28.0 Å². The van der Waals surface area contributed by atoms with E-state index in [1.165, 1.54) is 5.56 Å². The maximum Gasteiger partial charge on any atom is 0.144 e. The Labute approximate surface area is 117 Å². The highest BCUT2D eigenvalue weighted by Crippen LogP contribution is 2.24. The molecule has 0 radical (unpaired) electrons. The summed E-state index contributed by atoms with van der Waals surface area (Å²) in [7, 11) is 0. The largest absolute Gasteiger partial charge is 0.369 e. The smallest absolute Gasteiger partial charge is 0.144 e. The van der Waals surface area contributed by atoms with E-state index in [4.69, 9.17) is 0 Å². The molecule has 0 atom stereocenters. The van der Waals surface area contributed by atoms with Crippen LogP contribution >= 0.6 is 11.3 Å². The zero-order chi connectivity index (χ0) is 13.1. The van der Waals surface area contributed by atoms with Crippen LogP contribution in [0, 0.1) is 0 Å². The fourth-order valence-corrected chi connectivity index (χ4v) is 3.27. The maximum atomic E-state index is 4.47. The molecule has 100 valence electrons. The molecule has 0 saturated carbocycles. The molecule has 1 aliphatic heterocycles. The summed E-state index contributed by atoms with van der Waals surface area (Å²) in [6.45, 7) is 5.97. The molecule has 1 aliphatic rings. The third kappa shape index (κ3) is 2.93. The normalized spacial score (nSPS) is 15.2. The van der Waals surface area contributed by atoms with Gasteiger partial charge in [0.25, 0.3) is 0 Å². The zero-order valence-corrected chi connectivity index (χ0v) is 11.9. The summed E-state index contributed by atoms with van der Waals surface area (Å²) in [4.78, 5) is 12.8. The first kappa shape index (κ1) is 12.6. The molecule has 0 aliphatic carbocycles. The summed E-state index contributed by atoms with van der Waals surface area (Å²) in [5.74, 6) is 0.852. The minimum atomic E-state index is 0.852. The number of aromatic nitrogens is 2. The first-order valence-electron chi connectivity index (χ1n) is 6.67. The average Bonchev–Trinajstić information content (AvgIpc) is 2.89. The fourth-order valence-electron chi connectivity index (χ4n) is 2.38. The van der Waals surface area contributed by atoms with Gasteiger partial charge < -0.3 is 5.32 Å². The highest BCUT2D eigenvalue weighted by atomic mass is 32.1. The minimum absolute atomic E-state index is 0.852. The second kappa shape index (κ2) is 5.67. The topological polar surface area (TPSA) is 41.1 Å². The molecule has 3 rings (SSSR count). The molecule has 0 spiro atoms. The predicted molar refractivity (Wildman–Crippen MR) is 78.3 cm³/mol. The van der Waals surface area contributed by atoms with Gasteiger partial charge in [0.05, 0.1) is 18.1 Å². The van der Waals surface area contributed by atoms with Gasteiger partial charge in [0.15, 0.2) is 0 Å². The number of anilines is 1. The standard InChI is InChI=1S/C14H18N4S/c1-2-15-14-8-16-12(7-17-14)10-18-5-3-13-11(9-18)4-6-19-13/h4,6-8H,2-3,5,9-10H2,1H3,(H,15,17). The molecule has 0 aromatic carbocycles. The quantitative estimate of drug-likeness (QED) is 0.930. The molecule has 0 bridgehead atoms. The Hall–Kier alpha value is -1.46. The number of nitrogens with one attached hydrogen (secondary N) is 1. The minimum Gasteiger partial charge on any atom is -0.369 e. The van der Waals surface area contributed by atoms with Crippen molar-refractivity contribution in [1.82, 2.24) is 14.9 Å². The van der Waals surface area contributed by atoms with Gasteiger partial charge in [0.1, 0.15) is 5.82 Å². The van der Waals surface area contributed by atoms with Gasteiger partial charge >= 0.3 is 0 Å². The highest BCUT2D eigenvalue weighted by molar-refractivity contribution is 7.10. The maximum absolute atomic E-state index is 4.47. The number of nitrogens with zero attached hydrogens (tertiary/aromatic N) is 3. The first-order chi connectivity index (χ1) is 9.35. The van der Waals surface area contributed by atoms with E-state index in [1.54, 1.807) is 4.88 Å². The van der Waals surface area contributed by atoms with Crippen LogP contribution in [0.3, 0.4) is 0 Å². The van der Waals surface area contributed by atoms with Gasteiger partial charge in [-0.2, -0.15) is 0 Å². The lowest BCUT2D eigenvalue weighted by molar-refractivity contribution is 0.244. The molecule has 0 fully saturated rings. The van der Waals surface area contributed by atoms with Gasteiger partial charge in [-0.1, -0.05) is 0 Å². The van der Waals surface area contributed by atoms with Crippen LogP contribution in [0.1, 0.15) is 23.1 Å². The molecule has 2 aromatic heterocycles. The van der Waals surface area contributed by atoms with Crippen LogP contribution in [-0.2, 0) is 19.5 Å². The van der Waals surface area contributed by atoms with Crippen molar-refractivity contribution in [2.24, 2.45) is 0 Å². The monoisotopic (exact) mass is 274 g/mol. The van der Waals surface area contributed by atoms with Crippen molar-refractivity contribution in [2.45, 2.75) is 26.4 Å². The molecule has 19 heavy (non-hydrogen) atoms. The Morgan fingerprint density at radius 3 is 3.11 bits per heavy atom. The molecule has 1 N–H and O–H groups in total. The summed E-state index contributed by atoms with van der Waals surface area (Å²) >= 11 is 1.88. The van der Waals surface area contributed by atoms with Crippen LogP contribution in [0.25, 0.3) is 0 Å². The van der Waals surface area contributed by atoms with Crippen molar-refractivity contribution in [2.75, 3.05) is 18.4 Å². The molecule has 5 heteroatoms. The van der Waals surface area contributed by atoms with Crippen LogP contribution in [0.5, 0.6) is 0 Å². The van der Waals surface area contributed by atoms with Crippen LogP contribution < -0.4 is 5.32 Å². The van der Waals surface area contributed by atoms with E-state index in [2.05, 4.69) is 38.6 Å². The van der Waals surface area contributed by atoms with Crippen molar-refractivity contribution in [3.8, 4) is 0 Å². The van der Waals surface area contributed by atoms with Gasteiger partial charge in [-0.15, -0.1) is 11.3 Å². The summed E-state index contributed by atoms with van der Waals surface area (Å²) in [6, 6.07) is 2.24. The molecular weight excluding hydrogens is 256 g/mol. The Balaban J connectivity index is 1.63. The Kier molecular flexibility index (Phi) is 3.75. The third-order valence-corrected chi connectivity index (χ3v) is 4.36. The molecule has 4 nitrogen and oxygen atoms in total. The molecular formula is C14H18N4S. The lowest BCUT2D eigenvalue weighted by Gasteiger charge is -2.26. The van der Waals surface area contributed by atoms with Crippen molar-refractivity contribution in [3.63, 3.8) is 0 Å². The highest BCUT2D eigenvalue weighted by Gasteiger charge is 2.17.